The molecule has 0 atom stereocenters. The third-order valence-corrected chi connectivity index (χ3v) is 5.39. The molecule has 2 heterocycles. The number of carbonyl (C=O) groups excluding carboxylic acids is 1. The zero-order valence-electron chi connectivity index (χ0n) is 14.5. The van der Waals surface area contributed by atoms with E-state index in [4.69, 9.17) is 0 Å². The van der Waals surface area contributed by atoms with Gasteiger partial charge in [0.15, 0.2) is 5.13 Å². The number of fused-ring (bicyclic) bond motifs is 1. The van der Waals surface area contributed by atoms with Gasteiger partial charge in [-0.2, -0.15) is 0 Å². The first-order valence-electron chi connectivity index (χ1n) is 8.58. The summed E-state index contributed by atoms with van der Waals surface area (Å²) in [5.41, 5.74) is 4.13. The number of anilines is 2. The van der Waals surface area contributed by atoms with E-state index in [-0.39, 0.29) is 6.03 Å². The van der Waals surface area contributed by atoms with Gasteiger partial charge in [-0.15, -0.1) is 11.3 Å². The average molecular weight is 364 g/mol. The predicted octanol–water partition coefficient (Wildman–Crippen LogP) is 4.44. The molecular formula is C20H20N4OS. The summed E-state index contributed by atoms with van der Waals surface area (Å²) in [6.45, 7) is 1.91. The minimum absolute atomic E-state index is 0.267. The number of nitrogens with zero attached hydrogens (tertiary/aromatic N) is 2. The summed E-state index contributed by atoms with van der Waals surface area (Å²) >= 11 is 1.55. The molecule has 0 saturated heterocycles. The van der Waals surface area contributed by atoms with Crippen LogP contribution >= 0.6 is 11.3 Å². The van der Waals surface area contributed by atoms with Gasteiger partial charge in [0.1, 0.15) is 0 Å². The fourth-order valence-electron chi connectivity index (χ4n) is 3.01. The molecule has 1 aromatic heterocycles. The van der Waals surface area contributed by atoms with Crippen molar-refractivity contribution in [2.24, 2.45) is 0 Å². The van der Waals surface area contributed by atoms with Crippen molar-refractivity contribution in [3.63, 3.8) is 0 Å². The molecule has 0 spiro atoms. The van der Waals surface area contributed by atoms with Gasteiger partial charge in [-0.25, -0.2) is 9.78 Å². The van der Waals surface area contributed by atoms with E-state index >= 15 is 0 Å². The number of rotatable bonds is 3. The molecule has 2 N–H and O–H groups in total. The van der Waals surface area contributed by atoms with Gasteiger partial charge >= 0.3 is 6.03 Å². The quantitative estimate of drug-likeness (QED) is 0.722. The summed E-state index contributed by atoms with van der Waals surface area (Å²) in [5, 5.41) is 6.37. The number of amides is 2. The van der Waals surface area contributed by atoms with Crippen molar-refractivity contribution >= 4 is 28.2 Å². The number of hydrogen-bond acceptors (Lipinski definition) is 4. The lowest BCUT2D eigenvalue weighted by molar-refractivity contribution is 0.262. The van der Waals surface area contributed by atoms with Gasteiger partial charge in [0.05, 0.1) is 5.69 Å². The predicted molar refractivity (Wildman–Crippen MR) is 107 cm³/mol. The standard InChI is InChI=1S/C20H20N4OS/c1-24-12-11-17-18(13-24)26-20(22-17)23-19(25)21-16-9-7-15(8-10-16)14-5-3-2-4-6-14/h2-10H,11-13H2,1H3,(H2,21,22,23,25). The molecule has 0 fully saturated rings. The maximum Gasteiger partial charge on any atom is 0.325 e. The summed E-state index contributed by atoms with van der Waals surface area (Å²) in [5.74, 6) is 0. The highest BCUT2D eigenvalue weighted by molar-refractivity contribution is 7.15. The second-order valence-corrected chi connectivity index (χ2v) is 7.48. The van der Waals surface area contributed by atoms with Crippen LogP contribution in [0.1, 0.15) is 10.6 Å². The number of thiazole rings is 1. The van der Waals surface area contributed by atoms with E-state index in [0.29, 0.717) is 5.13 Å². The molecule has 5 nitrogen and oxygen atoms in total. The van der Waals surface area contributed by atoms with Crippen LogP contribution in [0.2, 0.25) is 0 Å². The van der Waals surface area contributed by atoms with E-state index in [9.17, 15) is 4.79 Å². The van der Waals surface area contributed by atoms with Gasteiger partial charge in [0.25, 0.3) is 0 Å². The van der Waals surface area contributed by atoms with Crippen molar-refractivity contribution in [3.05, 3.63) is 65.2 Å². The maximum absolute atomic E-state index is 12.2. The molecule has 1 aliphatic heterocycles. The summed E-state index contributed by atoms with van der Waals surface area (Å²) in [7, 11) is 2.10. The molecule has 0 saturated carbocycles. The number of hydrogen-bond donors (Lipinski definition) is 2. The molecule has 2 aromatic carbocycles. The largest absolute Gasteiger partial charge is 0.325 e. The summed E-state index contributed by atoms with van der Waals surface area (Å²) in [6, 6.07) is 17.7. The van der Waals surface area contributed by atoms with Crippen LogP contribution in [0, 0.1) is 0 Å². The summed E-state index contributed by atoms with van der Waals surface area (Å²) < 4.78 is 0. The lowest BCUT2D eigenvalue weighted by Crippen LogP contribution is -2.25. The lowest BCUT2D eigenvalue weighted by Gasteiger charge is -2.20. The van der Waals surface area contributed by atoms with E-state index in [1.807, 2.05) is 42.5 Å². The summed E-state index contributed by atoms with van der Waals surface area (Å²) in [4.78, 5) is 20.3. The van der Waals surface area contributed by atoms with E-state index in [1.54, 1.807) is 11.3 Å². The Morgan fingerprint density at radius 2 is 1.77 bits per heavy atom. The Morgan fingerprint density at radius 1 is 1.04 bits per heavy atom. The van der Waals surface area contributed by atoms with Crippen LogP contribution in [0.25, 0.3) is 11.1 Å². The van der Waals surface area contributed by atoms with Gasteiger partial charge in [-0.3, -0.25) is 5.32 Å². The first-order valence-corrected chi connectivity index (χ1v) is 9.39. The molecule has 4 rings (SSSR count). The molecule has 1 aliphatic rings. The minimum atomic E-state index is -0.267. The van der Waals surface area contributed by atoms with Crippen LogP contribution in [0.5, 0.6) is 0 Å². The second-order valence-electron chi connectivity index (χ2n) is 6.40. The van der Waals surface area contributed by atoms with Crippen LogP contribution in [-0.2, 0) is 13.0 Å². The third kappa shape index (κ3) is 3.76. The molecule has 3 aromatic rings. The Morgan fingerprint density at radius 3 is 2.54 bits per heavy atom. The van der Waals surface area contributed by atoms with Crippen molar-refractivity contribution in [1.82, 2.24) is 9.88 Å². The molecule has 132 valence electrons. The van der Waals surface area contributed by atoms with Gasteiger partial charge in [-0.1, -0.05) is 42.5 Å². The van der Waals surface area contributed by atoms with Gasteiger partial charge in [0, 0.05) is 30.1 Å². The maximum atomic E-state index is 12.2. The van der Waals surface area contributed by atoms with Crippen LogP contribution in [0.4, 0.5) is 15.6 Å². The van der Waals surface area contributed by atoms with Gasteiger partial charge in [-0.05, 0) is 30.3 Å². The Hall–Kier alpha value is -2.70. The molecule has 0 bridgehead atoms. The number of carbonyl (C=O) groups is 1. The van der Waals surface area contributed by atoms with Crippen molar-refractivity contribution in [1.29, 1.82) is 0 Å². The zero-order valence-corrected chi connectivity index (χ0v) is 15.3. The SMILES string of the molecule is CN1CCc2nc(NC(=O)Nc3ccc(-c4ccccc4)cc3)sc2C1. The van der Waals surface area contributed by atoms with Crippen molar-refractivity contribution in [2.75, 3.05) is 24.2 Å². The normalized spacial score (nSPS) is 13.9. The summed E-state index contributed by atoms with van der Waals surface area (Å²) in [6.07, 6.45) is 0.937. The highest BCUT2D eigenvalue weighted by Crippen LogP contribution is 2.28. The molecule has 6 heteroatoms. The highest BCUT2D eigenvalue weighted by Gasteiger charge is 2.19. The highest BCUT2D eigenvalue weighted by atomic mass is 32.1. The van der Waals surface area contributed by atoms with E-state index in [1.165, 1.54) is 4.88 Å². The molecule has 0 radical (unpaired) electrons. The van der Waals surface area contributed by atoms with E-state index in [0.717, 1.165) is 42.0 Å². The number of likely N-dealkylation sites (N-methyl/N-ethyl adjacent to an activating group) is 1. The number of urea groups is 1. The molecular weight excluding hydrogens is 344 g/mol. The number of nitrogens with one attached hydrogen (secondary N) is 2. The topological polar surface area (TPSA) is 57.3 Å². The van der Waals surface area contributed by atoms with Gasteiger partial charge in [0.2, 0.25) is 0 Å². The number of aromatic nitrogens is 1. The third-order valence-electron chi connectivity index (χ3n) is 4.39. The molecule has 0 aliphatic carbocycles. The molecule has 0 unspecified atom stereocenters. The smallest absolute Gasteiger partial charge is 0.308 e. The Labute approximate surface area is 156 Å². The first-order chi connectivity index (χ1) is 12.7. The fraction of sp³-hybridized carbons (Fsp3) is 0.200. The average Bonchev–Trinajstić information content (AvgIpc) is 3.04. The van der Waals surface area contributed by atoms with Crippen LogP contribution in [-0.4, -0.2) is 29.5 Å². The van der Waals surface area contributed by atoms with Crippen LogP contribution < -0.4 is 10.6 Å². The van der Waals surface area contributed by atoms with Crippen LogP contribution in [0.3, 0.4) is 0 Å². The van der Waals surface area contributed by atoms with Crippen LogP contribution in [0.15, 0.2) is 54.6 Å². The van der Waals surface area contributed by atoms with Crippen molar-refractivity contribution < 1.29 is 4.79 Å². The number of benzene rings is 2. The van der Waals surface area contributed by atoms with E-state index in [2.05, 4.69) is 39.7 Å². The van der Waals surface area contributed by atoms with Crippen molar-refractivity contribution in [3.8, 4) is 11.1 Å². The minimum Gasteiger partial charge on any atom is -0.308 e. The second kappa shape index (κ2) is 7.27. The van der Waals surface area contributed by atoms with Crippen molar-refractivity contribution in [2.45, 2.75) is 13.0 Å². The molecule has 2 amide bonds. The van der Waals surface area contributed by atoms with Gasteiger partial charge < -0.3 is 10.2 Å². The monoisotopic (exact) mass is 364 g/mol. The lowest BCUT2D eigenvalue weighted by atomic mass is 10.1. The Bertz CT molecular complexity index is 905. The molecule has 26 heavy (non-hydrogen) atoms. The Balaban J connectivity index is 1.39. The zero-order chi connectivity index (χ0) is 17.9. The fourth-order valence-corrected chi connectivity index (χ4v) is 4.10. The van der Waals surface area contributed by atoms with E-state index < -0.39 is 0 Å². The Kier molecular flexibility index (Phi) is 4.69. The first kappa shape index (κ1) is 16.8.